The first-order valence-corrected chi connectivity index (χ1v) is 10.5. The van der Waals surface area contributed by atoms with Gasteiger partial charge >= 0.3 is 0 Å². The van der Waals surface area contributed by atoms with Gasteiger partial charge in [0.15, 0.2) is 0 Å². The smallest absolute Gasteiger partial charge is 0.269 e. The number of sulfonamides is 1. The van der Waals surface area contributed by atoms with Gasteiger partial charge in [-0.1, -0.05) is 11.6 Å². The Kier molecular flexibility index (Phi) is 6.04. The lowest BCUT2D eigenvalue weighted by Gasteiger charge is -2.11. The van der Waals surface area contributed by atoms with Crippen LogP contribution in [0.25, 0.3) is 0 Å². The standard InChI is InChI=1S/C20H16ClN3O5S/c1-13-12-15(21)4-11-19(13)23-30(28,29)18-9-5-16(6-10-18)22-20(25)14-2-7-17(8-3-14)24(26)27/h2-12,23H,1H3,(H,22,25). The Morgan fingerprint density at radius 2 is 1.63 bits per heavy atom. The highest BCUT2D eigenvalue weighted by Gasteiger charge is 2.16. The lowest BCUT2D eigenvalue weighted by atomic mass is 10.2. The molecule has 0 radical (unpaired) electrons. The molecule has 0 aliphatic carbocycles. The highest BCUT2D eigenvalue weighted by atomic mass is 35.5. The molecule has 0 spiro atoms. The maximum absolute atomic E-state index is 12.6. The number of nitrogens with one attached hydrogen (secondary N) is 2. The summed E-state index contributed by atoms with van der Waals surface area (Å²) in [7, 11) is -3.83. The van der Waals surface area contributed by atoms with Crippen molar-refractivity contribution in [3.05, 3.63) is 93.0 Å². The van der Waals surface area contributed by atoms with E-state index in [2.05, 4.69) is 10.0 Å². The minimum absolute atomic E-state index is 0.0187. The van der Waals surface area contributed by atoms with Gasteiger partial charge in [-0.3, -0.25) is 19.6 Å². The Hall–Kier alpha value is -3.43. The molecule has 154 valence electrons. The number of nitro benzene ring substituents is 1. The van der Waals surface area contributed by atoms with Crippen LogP contribution in [0.5, 0.6) is 0 Å². The van der Waals surface area contributed by atoms with E-state index in [4.69, 9.17) is 11.6 Å². The summed E-state index contributed by atoms with van der Waals surface area (Å²) in [6, 6.07) is 15.6. The summed E-state index contributed by atoms with van der Waals surface area (Å²) in [4.78, 5) is 22.4. The van der Waals surface area contributed by atoms with E-state index in [1.807, 2.05) is 0 Å². The molecule has 0 atom stereocenters. The number of carbonyl (C=O) groups is 1. The van der Waals surface area contributed by atoms with Gasteiger partial charge in [0.1, 0.15) is 0 Å². The molecule has 30 heavy (non-hydrogen) atoms. The number of halogens is 1. The van der Waals surface area contributed by atoms with Crippen LogP contribution < -0.4 is 10.0 Å². The zero-order valence-electron chi connectivity index (χ0n) is 15.6. The molecule has 1 amide bonds. The maximum Gasteiger partial charge on any atom is 0.269 e. The second-order valence-electron chi connectivity index (χ2n) is 6.35. The number of non-ortho nitro benzene ring substituents is 1. The van der Waals surface area contributed by atoms with Crippen molar-refractivity contribution in [1.29, 1.82) is 0 Å². The van der Waals surface area contributed by atoms with E-state index in [0.29, 0.717) is 22.0 Å². The maximum atomic E-state index is 12.6. The molecule has 3 rings (SSSR count). The first-order valence-electron chi connectivity index (χ1n) is 8.60. The van der Waals surface area contributed by atoms with Crippen molar-refractivity contribution in [2.45, 2.75) is 11.8 Å². The van der Waals surface area contributed by atoms with Crippen molar-refractivity contribution in [3.8, 4) is 0 Å². The van der Waals surface area contributed by atoms with Crippen LogP contribution in [0.2, 0.25) is 5.02 Å². The molecule has 0 aliphatic rings. The van der Waals surface area contributed by atoms with Gasteiger partial charge in [0, 0.05) is 28.4 Å². The fraction of sp³-hybridized carbons (Fsp3) is 0.0500. The Labute approximate surface area is 177 Å². The summed E-state index contributed by atoms with van der Waals surface area (Å²) >= 11 is 5.89. The lowest BCUT2D eigenvalue weighted by molar-refractivity contribution is -0.384. The van der Waals surface area contributed by atoms with Crippen LogP contribution >= 0.6 is 11.6 Å². The second kappa shape index (κ2) is 8.52. The molecule has 10 heteroatoms. The van der Waals surface area contributed by atoms with Crippen LogP contribution in [-0.4, -0.2) is 19.2 Å². The van der Waals surface area contributed by atoms with Crippen LogP contribution in [0.15, 0.2) is 71.6 Å². The summed E-state index contributed by atoms with van der Waals surface area (Å²) in [6.45, 7) is 1.74. The summed E-state index contributed by atoms with van der Waals surface area (Å²) < 4.78 is 27.7. The van der Waals surface area contributed by atoms with Gasteiger partial charge in [0.25, 0.3) is 21.6 Å². The van der Waals surface area contributed by atoms with E-state index in [-0.39, 0.29) is 16.1 Å². The molecule has 0 fully saturated rings. The summed E-state index contributed by atoms with van der Waals surface area (Å²) in [5.74, 6) is -0.476. The predicted molar refractivity (Wildman–Crippen MR) is 114 cm³/mol. The van der Waals surface area contributed by atoms with Gasteiger partial charge < -0.3 is 5.32 Å². The number of hydrogen-bond donors (Lipinski definition) is 2. The Morgan fingerprint density at radius 1 is 1.00 bits per heavy atom. The zero-order chi connectivity index (χ0) is 21.9. The van der Waals surface area contributed by atoms with Crippen molar-refractivity contribution >= 4 is 44.6 Å². The third-order valence-corrected chi connectivity index (χ3v) is 5.81. The molecule has 3 aromatic rings. The van der Waals surface area contributed by atoms with E-state index < -0.39 is 20.9 Å². The van der Waals surface area contributed by atoms with E-state index in [1.165, 1.54) is 48.5 Å². The van der Waals surface area contributed by atoms with E-state index in [0.717, 1.165) is 0 Å². The highest BCUT2D eigenvalue weighted by molar-refractivity contribution is 7.92. The largest absolute Gasteiger partial charge is 0.322 e. The van der Waals surface area contributed by atoms with Crippen molar-refractivity contribution < 1.29 is 18.1 Å². The van der Waals surface area contributed by atoms with Gasteiger partial charge in [-0.05, 0) is 67.1 Å². The van der Waals surface area contributed by atoms with Crippen LogP contribution in [0.4, 0.5) is 17.1 Å². The first-order chi connectivity index (χ1) is 14.2. The Balaban J connectivity index is 1.72. The third kappa shape index (κ3) is 4.94. The minimum atomic E-state index is -3.83. The van der Waals surface area contributed by atoms with Crippen molar-refractivity contribution in [2.24, 2.45) is 0 Å². The molecule has 3 aromatic carbocycles. The Bertz CT molecular complexity index is 1210. The lowest BCUT2D eigenvalue weighted by Crippen LogP contribution is -2.14. The molecule has 8 nitrogen and oxygen atoms in total. The number of rotatable bonds is 6. The first kappa shape index (κ1) is 21.3. The highest BCUT2D eigenvalue weighted by Crippen LogP contribution is 2.24. The zero-order valence-corrected chi connectivity index (χ0v) is 17.2. The fourth-order valence-corrected chi connectivity index (χ4v) is 3.96. The van der Waals surface area contributed by atoms with Crippen molar-refractivity contribution in [2.75, 3.05) is 10.0 Å². The van der Waals surface area contributed by atoms with Gasteiger partial charge in [-0.2, -0.15) is 0 Å². The number of nitrogens with zero attached hydrogens (tertiary/aromatic N) is 1. The van der Waals surface area contributed by atoms with Crippen LogP contribution in [0.3, 0.4) is 0 Å². The number of carbonyl (C=O) groups excluding carboxylic acids is 1. The van der Waals surface area contributed by atoms with Crippen LogP contribution in [-0.2, 0) is 10.0 Å². The quantitative estimate of drug-likeness (QED) is 0.424. The van der Waals surface area contributed by atoms with Crippen molar-refractivity contribution in [1.82, 2.24) is 0 Å². The molecule has 0 saturated heterocycles. The molecular formula is C20H16ClN3O5S. The Morgan fingerprint density at radius 3 is 2.20 bits per heavy atom. The monoisotopic (exact) mass is 445 g/mol. The van der Waals surface area contributed by atoms with Gasteiger partial charge in [-0.15, -0.1) is 0 Å². The normalized spacial score (nSPS) is 11.0. The van der Waals surface area contributed by atoms with E-state index in [1.54, 1.807) is 25.1 Å². The summed E-state index contributed by atoms with van der Waals surface area (Å²) in [5.41, 5.74) is 1.58. The number of nitro groups is 1. The minimum Gasteiger partial charge on any atom is -0.322 e. The van der Waals surface area contributed by atoms with Gasteiger partial charge in [-0.25, -0.2) is 8.42 Å². The average Bonchev–Trinajstić information content (AvgIpc) is 2.70. The van der Waals surface area contributed by atoms with Gasteiger partial charge in [0.05, 0.1) is 15.5 Å². The van der Waals surface area contributed by atoms with Crippen molar-refractivity contribution in [3.63, 3.8) is 0 Å². The average molecular weight is 446 g/mol. The third-order valence-electron chi connectivity index (χ3n) is 4.20. The fourth-order valence-electron chi connectivity index (χ4n) is 2.60. The second-order valence-corrected chi connectivity index (χ2v) is 8.47. The number of benzene rings is 3. The van der Waals surface area contributed by atoms with Crippen LogP contribution in [0.1, 0.15) is 15.9 Å². The molecule has 0 saturated carbocycles. The number of hydrogen-bond acceptors (Lipinski definition) is 5. The number of amides is 1. The SMILES string of the molecule is Cc1cc(Cl)ccc1NS(=O)(=O)c1ccc(NC(=O)c2ccc([N+](=O)[O-])cc2)cc1. The number of aryl methyl sites for hydroxylation is 1. The summed E-state index contributed by atoms with van der Waals surface area (Å²) in [5, 5.41) is 13.8. The van der Waals surface area contributed by atoms with Gasteiger partial charge in [0.2, 0.25) is 0 Å². The molecule has 0 heterocycles. The predicted octanol–water partition coefficient (Wildman–Crippen LogP) is 4.61. The molecule has 0 bridgehead atoms. The molecule has 2 N–H and O–H groups in total. The number of anilines is 2. The molecular weight excluding hydrogens is 430 g/mol. The topological polar surface area (TPSA) is 118 Å². The summed E-state index contributed by atoms with van der Waals surface area (Å²) in [6.07, 6.45) is 0. The molecule has 0 aliphatic heterocycles. The molecule has 0 unspecified atom stereocenters. The van der Waals surface area contributed by atoms with E-state index >= 15 is 0 Å². The molecule has 0 aromatic heterocycles. The van der Waals surface area contributed by atoms with Crippen LogP contribution in [0, 0.1) is 17.0 Å². The van der Waals surface area contributed by atoms with E-state index in [9.17, 15) is 23.3 Å².